The van der Waals surface area contributed by atoms with Crippen molar-refractivity contribution in [2.45, 2.75) is 26.9 Å². The number of benzene rings is 3. The van der Waals surface area contributed by atoms with Gasteiger partial charge in [-0.25, -0.2) is 9.59 Å². The van der Waals surface area contributed by atoms with Crippen LogP contribution in [0.15, 0.2) is 91.0 Å². The molecule has 0 fully saturated rings. The van der Waals surface area contributed by atoms with Crippen LogP contribution in [0.3, 0.4) is 0 Å². The summed E-state index contributed by atoms with van der Waals surface area (Å²) in [4.78, 5) is 35.6. The third kappa shape index (κ3) is 6.87. The average Bonchev–Trinajstić information content (AvgIpc) is 2.81. The molecule has 0 N–H and O–H groups in total. The molecule has 0 aliphatic rings. The van der Waals surface area contributed by atoms with Crippen molar-refractivity contribution >= 4 is 34.6 Å². The second kappa shape index (κ2) is 11.1. The normalized spacial score (nSPS) is 10.8. The second-order valence-electron chi connectivity index (χ2n) is 8.08. The van der Waals surface area contributed by atoms with E-state index in [0.29, 0.717) is 23.3 Å². The molecule has 0 aromatic heterocycles. The molecule has 0 unspecified atom stereocenters. The first-order valence-corrected chi connectivity index (χ1v) is 10.7. The van der Waals surface area contributed by atoms with E-state index in [2.05, 4.69) is 13.2 Å². The van der Waals surface area contributed by atoms with E-state index in [1.165, 1.54) is 6.08 Å². The summed E-state index contributed by atoms with van der Waals surface area (Å²) in [5, 5.41) is 1.83. The molecule has 0 bridgehead atoms. The summed E-state index contributed by atoms with van der Waals surface area (Å²) in [6, 6.07) is 18.4. The third-order valence-corrected chi connectivity index (χ3v) is 5.05. The Labute approximate surface area is 199 Å². The number of ether oxygens (including phenoxy) is 2. The summed E-state index contributed by atoms with van der Waals surface area (Å²) >= 11 is 0. The van der Waals surface area contributed by atoms with Crippen molar-refractivity contribution in [1.82, 2.24) is 0 Å². The first kappa shape index (κ1) is 24.4. The van der Waals surface area contributed by atoms with Gasteiger partial charge in [-0.15, -0.1) is 0 Å². The molecule has 0 heterocycles. The van der Waals surface area contributed by atoms with Gasteiger partial charge in [0.15, 0.2) is 5.78 Å². The molecule has 0 saturated carbocycles. The van der Waals surface area contributed by atoms with Crippen LogP contribution in [0.2, 0.25) is 0 Å². The Morgan fingerprint density at radius 3 is 2.15 bits per heavy atom. The van der Waals surface area contributed by atoms with Crippen molar-refractivity contribution in [3.05, 3.63) is 108 Å². The SMILES string of the molecule is C=C(C)C(=O)Cc1ccc(/C=C/C(=O)Oc2ccc3cc(COC(=O)C(=C)C)ccc3c2)cc1. The third-order valence-electron chi connectivity index (χ3n) is 5.05. The standard InChI is InChI=1S/C29H26O5/c1-19(2)27(30)16-22-7-5-21(6-8-22)10-14-28(31)34-26-13-12-24-15-23(9-11-25(24)17-26)18-33-29(32)20(3)4/h5-15,17H,1,3,16,18H2,2,4H3/b14-10+. The maximum Gasteiger partial charge on any atom is 0.336 e. The van der Waals surface area contributed by atoms with Gasteiger partial charge in [0.25, 0.3) is 0 Å². The Kier molecular flexibility index (Phi) is 7.93. The lowest BCUT2D eigenvalue weighted by Crippen LogP contribution is -2.05. The number of fused-ring (bicyclic) bond motifs is 1. The van der Waals surface area contributed by atoms with Crippen molar-refractivity contribution in [3.8, 4) is 5.75 Å². The second-order valence-corrected chi connectivity index (χ2v) is 8.08. The van der Waals surface area contributed by atoms with E-state index in [1.807, 2.05) is 48.5 Å². The van der Waals surface area contributed by atoms with Crippen molar-refractivity contribution in [3.63, 3.8) is 0 Å². The average molecular weight is 455 g/mol. The zero-order chi connectivity index (χ0) is 24.7. The van der Waals surface area contributed by atoms with Gasteiger partial charge in [0.1, 0.15) is 12.4 Å². The molecule has 0 saturated heterocycles. The molecular formula is C29H26O5. The molecule has 0 aliphatic carbocycles. The Hall–Kier alpha value is -4.25. The molecule has 0 aliphatic heterocycles. The highest BCUT2D eigenvalue weighted by atomic mass is 16.5. The van der Waals surface area contributed by atoms with Crippen molar-refractivity contribution in [2.24, 2.45) is 0 Å². The minimum Gasteiger partial charge on any atom is -0.457 e. The van der Waals surface area contributed by atoms with E-state index < -0.39 is 11.9 Å². The fraction of sp³-hybridized carbons (Fsp3) is 0.138. The number of esters is 2. The van der Waals surface area contributed by atoms with E-state index in [4.69, 9.17) is 9.47 Å². The van der Waals surface area contributed by atoms with Gasteiger partial charge in [-0.3, -0.25) is 4.79 Å². The Bertz CT molecular complexity index is 1300. The Balaban J connectivity index is 1.59. The van der Waals surface area contributed by atoms with Crippen LogP contribution in [-0.4, -0.2) is 17.7 Å². The molecule has 0 atom stereocenters. The topological polar surface area (TPSA) is 69.7 Å². The predicted octanol–water partition coefficient (Wildman–Crippen LogP) is 5.77. The number of Topliss-reactive ketones (excluding diaryl/α,β-unsaturated/α-hetero) is 1. The molecule has 5 heteroatoms. The lowest BCUT2D eigenvalue weighted by Gasteiger charge is -2.07. The van der Waals surface area contributed by atoms with Crippen molar-refractivity contribution in [1.29, 1.82) is 0 Å². The van der Waals surface area contributed by atoms with Crippen LogP contribution in [0.5, 0.6) is 5.75 Å². The number of carbonyl (C=O) groups excluding carboxylic acids is 3. The van der Waals surface area contributed by atoms with Gasteiger partial charge in [0.2, 0.25) is 0 Å². The molecule has 5 nitrogen and oxygen atoms in total. The minimum atomic E-state index is -0.496. The van der Waals surface area contributed by atoms with Crippen LogP contribution in [0.4, 0.5) is 0 Å². The fourth-order valence-electron chi connectivity index (χ4n) is 3.10. The number of ketones is 1. The summed E-state index contributed by atoms with van der Waals surface area (Å²) in [5.41, 5.74) is 3.45. The van der Waals surface area contributed by atoms with Gasteiger partial charge in [0.05, 0.1) is 0 Å². The summed E-state index contributed by atoms with van der Waals surface area (Å²) in [6.07, 6.45) is 3.33. The van der Waals surface area contributed by atoms with Crippen LogP contribution >= 0.6 is 0 Å². The predicted molar refractivity (Wildman–Crippen MR) is 133 cm³/mol. The first-order valence-electron chi connectivity index (χ1n) is 10.7. The monoisotopic (exact) mass is 454 g/mol. The lowest BCUT2D eigenvalue weighted by atomic mass is 10.0. The zero-order valence-corrected chi connectivity index (χ0v) is 19.3. The summed E-state index contributed by atoms with van der Waals surface area (Å²) in [7, 11) is 0. The highest BCUT2D eigenvalue weighted by Crippen LogP contribution is 2.23. The number of hydrogen-bond donors (Lipinski definition) is 0. The zero-order valence-electron chi connectivity index (χ0n) is 19.3. The number of hydrogen-bond acceptors (Lipinski definition) is 5. The van der Waals surface area contributed by atoms with Crippen LogP contribution in [0.1, 0.15) is 30.5 Å². The molecule has 34 heavy (non-hydrogen) atoms. The summed E-state index contributed by atoms with van der Waals surface area (Å²) < 4.78 is 10.6. The van der Waals surface area contributed by atoms with Gasteiger partial charge in [-0.2, -0.15) is 0 Å². The molecule has 3 aromatic carbocycles. The van der Waals surface area contributed by atoms with E-state index >= 15 is 0 Å². The fourth-order valence-corrected chi connectivity index (χ4v) is 3.10. The maximum absolute atomic E-state index is 12.2. The first-order chi connectivity index (χ1) is 16.2. The van der Waals surface area contributed by atoms with Crippen molar-refractivity contribution in [2.75, 3.05) is 0 Å². The Morgan fingerprint density at radius 1 is 0.824 bits per heavy atom. The molecule has 0 radical (unpaired) electrons. The number of carbonyl (C=O) groups is 3. The lowest BCUT2D eigenvalue weighted by molar-refractivity contribution is -0.140. The molecule has 0 amide bonds. The van der Waals surface area contributed by atoms with Crippen molar-refractivity contribution < 1.29 is 23.9 Å². The minimum absolute atomic E-state index is 0.00434. The summed E-state index contributed by atoms with van der Waals surface area (Å²) in [6.45, 7) is 10.7. The van der Waals surface area contributed by atoms with E-state index in [9.17, 15) is 14.4 Å². The number of allylic oxidation sites excluding steroid dienone is 1. The van der Waals surface area contributed by atoms with Gasteiger partial charge in [0, 0.05) is 18.1 Å². The van der Waals surface area contributed by atoms with Gasteiger partial charge in [-0.05, 0) is 71.2 Å². The Morgan fingerprint density at radius 2 is 1.47 bits per heavy atom. The molecule has 3 rings (SSSR count). The van der Waals surface area contributed by atoms with E-state index in [-0.39, 0.29) is 12.4 Å². The van der Waals surface area contributed by atoms with Gasteiger partial charge in [-0.1, -0.05) is 55.6 Å². The maximum atomic E-state index is 12.2. The molecule has 0 spiro atoms. The molecular weight excluding hydrogens is 428 g/mol. The quantitative estimate of drug-likeness (QED) is 0.233. The van der Waals surface area contributed by atoms with Crippen LogP contribution < -0.4 is 4.74 Å². The highest BCUT2D eigenvalue weighted by Gasteiger charge is 2.07. The van der Waals surface area contributed by atoms with E-state index in [0.717, 1.165) is 27.5 Å². The van der Waals surface area contributed by atoms with Gasteiger partial charge < -0.3 is 9.47 Å². The number of rotatable bonds is 9. The van der Waals surface area contributed by atoms with Gasteiger partial charge >= 0.3 is 11.9 Å². The smallest absolute Gasteiger partial charge is 0.336 e. The van der Waals surface area contributed by atoms with Crippen LogP contribution in [-0.2, 0) is 32.1 Å². The van der Waals surface area contributed by atoms with Crippen LogP contribution in [0.25, 0.3) is 16.8 Å². The largest absolute Gasteiger partial charge is 0.457 e. The highest BCUT2D eigenvalue weighted by molar-refractivity contribution is 5.95. The summed E-state index contributed by atoms with van der Waals surface area (Å²) in [5.74, 6) is -0.490. The van der Waals surface area contributed by atoms with Crippen LogP contribution in [0, 0.1) is 0 Å². The molecule has 172 valence electrons. The van der Waals surface area contributed by atoms with E-state index in [1.54, 1.807) is 32.1 Å². The molecule has 3 aromatic rings.